The van der Waals surface area contributed by atoms with Crippen LogP contribution in [-0.4, -0.2) is 9.97 Å². The van der Waals surface area contributed by atoms with Gasteiger partial charge >= 0.3 is 0 Å². The third-order valence-electron chi connectivity index (χ3n) is 1.87. The van der Waals surface area contributed by atoms with Gasteiger partial charge in [0.25, 0.3) is 0 Å². The molecule has 0 radical (unpaired) electrons. The molecule has 78 valence electrons. The number of imidazole rings is 1. The number of nitrogens with two attached hydrogens (primary N) is 1. The molecule has 0 unspecified atom stereocenters. The van der Waals surface area contributed by atoms with E-state index in [-0.39, 0.29) is 5.95 Å². The molecule has 6 heteroatoms. The number of aromatic nitrogens is 2. The first kappa shape index (κ1) is 10.6. The molecule has 15 heavy (non-hydrogen) atoms. The van der Waals surface area contributed by atoms with Gasteiger partial charge in [0.05, 0.1) is 10.0 Å². The largest absolute Gasteiger partial charge is 0.369 e. The summed E-state index contributed by atoms with van der Waals surface area (Å²) in [6.45, 7) is 0. The number of H-pyrrole nitrogens is 1. The molecule has 0 fully saturated rings. The fraction of sp³-hybridized carbons (Fsp3) is 0. The molecule has 0 aliphatic heterocycles. The van der Waals surface area contributed by atoms with E-state index in [2.05, 4.69) is 9.97 Å². The maximum absolute atomic E-state index is 5.90. The van der Waals surface area contributed by atoms with Crippen LogP contribution in [0.4, 0.5) is 5.95 Å². The van der Waals surface area contributed by atoms with Gasteiger partial charge in [0.15, 0.2) is 5.95 Å². The van der Waals surface area contributed by atoms with Gasteiger partial charge in [-0.25, -0.2) is 4.98 Å². The number of rotatable bonds is 1. The van der Waals surface area contributed by atoms with Crippen LogP contribution in [0, 0.1) is 0 Å². The average Bonchev–Trinajstić information content (AvgIpc) is 2.50. The second-order valence-corrected chi connectivity index (χ2v) is 4.11. The van der Waals surface area contributed by atoms with E-state index in [1.54, 1.807) is 18.2 Å². The zero-order chi connectivity index (χ0) is 11.0. The maximum Gasteiger partial charge on any atom is 0.199 e. The molecule has 0 spiro atoms. The Hall–Kier alpha value is -0.900. The van der Waals surface area contributed by atoms with Crippen molar-refractivity contribution >= 4 is 40.8 Å². The number of nitrogens with one attached hydrogen (secondary N) is 1. The predicted octanol–water partition coefficient (Wildman–Crippen LogP) is 3.62. The number of aromatic amines is 1. The van der Waals surface area contributed by atoms with E-state index in [0.717, 1.165) is 5.56 Å². The first-order valence-electron chi connectivity index (χ1n) is 4.04. The maximum atomic E-state index is 5.90. The van der Waals surface area contributed by atoms with Gasteiger partial charge < -0.3 is 10.7 Å². The summed E-state index contributed by atoms with van der Waals surface area (Å²) in [5.41, 5.74) is 6.80. The molecule has 0 bridgehead atoms. The summed E-state index contributed by atoms with van der Waals surface area (Å²) in [6.07, 6.45) is 0. The highest BCUT2D eigenvalue weighted by molar-refractivity contribution is 6.42. The molecule has 2 rings (SSSR count). The van der Waals surface area contributed by atoms with E-state index in [1.807, 2.05) is 0 Å². The van der Waals surface area contributed by atoms with Crippen LogP contribution in [0.2, 0.25) is 15.2 Å². The summed E-state index contributed by atoms with van der Waals surface area (Å²) < 4.78 is 0. The van der Waals surface area contributed by atoms with Gasteiger partial charge in [-0.3, -0.25) is 0 Å². The van der Waals surface area contributed by atoms with Crippen molar-refractivity contribution < 1.29 is 0 Å². The molecule has 0 atom stereocenters. The minimum atomic E-state index is 0.265. The lowest BCUT2D eigenvalue weighted by molar-refractivity contribution is 1.33. The molecule has 0 aliphatic rings. The third-order valence-corrected chi connectivity index (χ3v) is 2.88. The van der Waals surface area contributed by atoms with Gasteiger partial charge in [0.1, 0.15) is 10.8 Å². The van der Waals surface area contributed by atoms with E-state index in [1.165, 1.54) is 0 Å². The number of benzene rings is 1. The van der Waals surface area contributed by atoms with E-state index in [4.69, 9.17) is 40.5 Å². The van der Waals surface area contributed by atoms with Crippen molar-refractivity contribution in [2.24, 2.45) is 0 Å². The average molecular weight is 263 g/mol. The van der Waals surface area contributed by atoms with Crippen LogP contribution in [0.15, 0.2) is 18.2 Å². The smallest absolute Gasteiger partial charge is 0.199 e. The van der Waals surface area contributed by atoms with Crippen molar-refractivity contribution in [3.05, 3.63) is 33.4 Å². The lowest BCUT2D eigenvalue weighted by atomic mass is 10.2. The number of hydrogen-bond donors (Lipinski definition) is 2. The second-order valence-electron chi connectivity index (χ2n) is 2.91. The zero-order valence-corrected chi connectivity index (χ0v) is 9.66. The summed E-state index contributed by atoms with van der Waals surface area (Å²) in [5, 5.41) is 1.32. The van der Waals surface area contributed by atoms with Gasteiger partial charge in [-0.2, -0.15) is 0 Å². The molecule has 1 aromatic heterocycles. The molecule has 0 amide bonds. The van der Waals surface area contributed by atoms with Crippen molar-refractivity contribution in [1.82, 2.24) is 9.97 Å². The molecule has 2 aromatic rings. The highest BCUT2D eigenvalue weighted by Gasteiger charge is 2.10. The Bertz CT molecular complexity index is 507. The van der Waals surface area contributed by atoms with Crippen LogP contribution in [0.25, 0.3) is 11.3 Å². The Kier molecular flexibility index (Phi) is 2.78. The van der Waals surface area contributed by atoms with Gasteiger partial charge in [0, 0.05) is 5.56 Å². The Morgan fingerprint density at radius 1 is 1.13 bits per heavy atom. The Morgan fingerprint density at radius 3 is 2.40 bits per heavy atom. The van der Waals surface area contributed by atoms with E-state index in [9.17, 15) is 0 Å². The van der Waals surface area contributed by atoms with Gasteiger partial charge in [-0.05, 0) is 12.1 Å². The minimum Gasteiger partial charge on any atom is -0.369 e. The van der Waals surface area contributed by atoms with Crippen LogP contribution >= 0.6 is 34.8 Å². The normalized spacial score (nSPS) is 10.6. The van der Waals surface area contributed by atoms with Crippen molar-refractivity contribution in [2.75, 3.05) is 5.73 Å². The Labute approximate surface area is 101 Å². The third kappa shape index (κ3) is 2.04. The van der Waals surface area contributed by atoms with Crippen molar-refractivity contribution in [1.29, 1.82) is 0 Å². The fourth-order valence-corrected chi connectivity index (χ4v) is 1.75. The number of nitrogen functional groups attached to an aromatic ring is 1. The molecular formula is C9H6Cl3N3. The number of halogens is 3. The minimum absolute atomic E-state index is 0.265. The van der Waals surface area contributed by atoms with E-state index >= 15 is 0 Å². The Balaban J connectivity index is 2.54. The molecule has 1 aromatic carbocycles. The van der Waals surface area contributed by atoms with Crippen molar-refractivity contribution in [3.63, 3.8) is 0 Å². The molecule has 3 N–H and O–H groups in total. The number of anilines is 1. The molecule has 3 nitrogen and oxygen atoms in total. The number of hydrogen-bond acceptors (Lipinski definition) is 2. The Morgan fingerprint density at radius 2 is 1.87 bits per heavy atom. The van der Waals surface area contributed by atoms with Gasteiger partial charge in [0.2, 0.25) is 0 Å². The first-order valence-corrected chi connectivity index (χ1v) is 5.17. The predicted molar refractivity (Wildman–Crippen MR) is 63.5 cm³/mol. The summed E-state index contributed by atoms with van der Waals surface area (Å²) in [6, 6.07) is 5.14. The van der Waals surface area contributed by atoms with Crippen LogP contribution in [0.1, 0.15) is 0 Å². The van der Waals surface area contributed by atoms with Crippen LogP contribution in [0.5, 0.6) is 0 Å². The lowest BCUT2D eigenvalue weighted by Gasteiger charge is -1.99. The van der Waals surface area contributed by atoms with E-state index < -0.39 is 0 Å². The van der Waals surface area contributed by atoms with Crippen LogP contribution in [0.3, 0.4) is 0 Å². The fourth-order valence-electron chi connectivity index (χ4n) is 1.20. The summed E-state index contributed by atoms with van der Waals surface area (Å²) in [4.78, 5) is 6.74. The lowest BCUT2D eigenvalue weighted by Crippen LogP contribution is -1.85. The summed E-state index contributed by atoms with van der Waals surface area (Å²) >= 11 is 17.6. The monoisotopic (exact) mass is 261 g/mol. The molecular weight excluding hydrogens is 256 g/mol. The van der Waals surface area contributed by atoms with Crippen molar-refractivity contribution in [2.45, 2.75) is 0 Å². The van der Waals surface area contributed by atoms with Crippen LogP contribution in [-0.2, 0) is 0 Å². The van der Waals surface area contributed by atoms with Crippen molar-refractivity contribution in [3.8, 4) is 11.3 Å². The summed E-state index contributed by atoms with van der Waals surface area (Å²) in [5.74, 6) is 0.265. The number of nitrogens with zero attached hydrogens (tertiary/aromatic N) is 1. The van der Waals surface area contributed by atoms with Crippen LogP contribution < -0.4 is 5.73 Å². The SMILES string of the molecule is Nc1nc(-c2ccc(Cl)c(Cl)c2)c(Cl)[nH]1. The summed E-state index contributed by atoms with van der Waals surface area (Å²) in [7, 11) is 0. The molecule has 1 heterocycles. The first-order chi connectivity index (χ1) is 7.08. The topological polar surface area (TPSA) is 54.7 Å². The standard InChI is InChI=1S/C9H6Cl3N3/c10-5-2-1-4(3-6(5)11)7-8(12)15-9(13)14-7/h1-3H,(H3,13,14,15). The molecule has 0 saturated heterocycles. The quantitative estimate of drug-likeness (QED) is 0.825. The molecule has 0 saturated carbocycles. The van der Waals surface area contributed by atoms with Gasteiger partial charge in [-0.1, -0.05) is 40.9 Å². The molecule has 0 aliphatic carbocycles. The highest BCUT2D eigenvalue weighted by Crippen LogP contribution is 2.31. The van der Waals surface area contributed by atoms with E-state index in [0.29, 0.717) is 20.9 Å². The van der Waals surface area contributed by atoms with Gasteiger partial charge in [-0.15, -0.1) is 0 Å². The second kappa shape index (κ2) is 3.93. The highest BCUT2D eigenvalue weighted by atomic mass is 35.5. The zero-order valence-electron chi connectivity index (χ0n) is 7.39.